The van der Waals surface area contributed by atoms with E-state index in [2.05, 4.69) is 45.5 Å². The molecular formula is C13H15BrN2O. The minimum absolute atomic E-state index is 0.741. The van der Waals surface area contributed by atoms with Crippen molar-refractivity contribution in [3.8, 4) is 0 Å². The number of anilines is 2. The summed E-state index contributed by atoms with van der Waals surface area (Å²) in [5.41, 5.74) is 4.33. The van der Waals surface area contributed by atoms with Crippen LogP contribution >= 0.6 is 15.9 Å². The van der Waals surface area contributed by atoms with Gasteiger partial charge in [-0.1, -0.05) is 38.8 Å². The molecule has 0 saturated carbocycles. The van der Waals surface area contributed by atoms with Crippen molar-refractivity contribution >= 4 is 27.5 Å². The van der Waals surface area contributed by atoms with Crippen molar-refractivity contribution in [1.29, 1.82) is 0 Å². The van der Waals surface area contributed by atoms with Crippen LogP contribution < -0.4 is 5.32 Å². The molecule has 2 rings (SSSR count). The summed E-state index contributed by atoms with van der Waals surface area (Å²) in [6.07, 6.45) is 0.906. The lowest BCUT2D eigenvalue weighted by atomic mass is 10.2. The van der Waals surface area contributed by atoms with Crippen LogP contribution in [-0.2, 0) is 6.42 Å². The summed E-state index contributed by atoms with van der Waals surface area (Å²) in [4.78, 5) is 0. The van der Waals surface area contributed by atoms with Crippen molar-refractivity contribution in [2.24, 2.45) is 0 Å². The maximum atomic E-state index is 5.30. The molecule has 0 spiro atoms. The molecule has 0 bridgehead atoms. The minimum Gasteiger partial charge on any atom is -0.338 e. The topological polar surface area (TPSA) is 38.1 Å². The van der Waals surface area contributed by atoms with E-state index in [1.165, 1.54) is 5.56 Å². The van der Waals surface area contributed by atoms with Gasteiger partial charge in [-0.2, -0.15) is 0 Å². The molecule has 0 aliphatic rings. The molecule has 90 valence electrons. The third kappa shape index (κ3) is 2.88. The van der Waals surface area contributed by atoms with Crippen LogP contribution in [0, 0.1) is 13.8 Å². The van der Waals surface area contributed by atoms with E-state index < -0.39 is 0 Å². The zero-order chi connectivity index (χ0) is 12.3. The number of rotatable bonds is 4. The molecular weight excluding hydrogens is 280 g/mol. The first kappa shape index (κ1) is 12.2. The molecule has 4 heteroatoms. The zero-order valence-corrected chi connectivity index (χ0v) is 11.5. The van der Waals surface area contributed by atoms with Gasteiger partial charge < -0.3 is 9.84 Å². The summed E-state index contributed by atoms with van der Waals surface area (Å²) >= 11 is 3.44. The van der Waals surface area contributed by atoms with E-state index in [1.54, 1.807) is 0 Å². The molecule has 0 atom stereocenters. The monoisotopic (exact) mass is 294 g/mol. The largest absolute Gasteiger partial charge is 0.338 e. The van der Waals surface area contributed by atoms with E-state index in [-0.39, 0.29) is 0 Å². The average Bonchev–Trinajstić information content (AvgIpc) is 2.65. The molecule has 0 amide bonds. The third-order valence-electron chi connectivity index (χ3n) is 2.64. The number of nitrogens with one attached hydrogen (secondary N) is 1. The highest BCUT2D eigenvalue weighted by Crippen LogP contribution is 2.24. The van der Waals surface area contributed by atoms with Gasteiger partial charge in [0.1, 0.15) is 0 Å². The number of benzene rings is 1. The van der Waals surface area contributed by atoms with Crippen LogP contribution in [0.3, 0.4) is 0 Å². The van der Waals surface area contributed by atoms with Gasteiger partial charge in [0.15, 0.2) is 0 Å². The summed E-state index contributed by atoms with van der Waals surface area (Å²) in [5.74, 6) is 0.741. The second kappa shape index (κ2) is 5.36. The van der Waals surface area contributed by atoms with Gasteiger partial charge in [0.05, 0.1) is 5.69 Å². The predicted molar refractivity (Wildman–Crippen MR) is 73.2 cm³/mol. The molecule has 0 aliphatic heterocycles. The Morgan fingerprint density at radius 3 is 2.59 bits per heavy atom. The molecule has 0 aliphatic carbocycles. The summed E-state index contributed by atoms with van der Waals surface area (Å²) in [7, 11) is 0. The lowest BCUT2D eigenvalue weighted by molar-refractivity contribution is 0.429. The summed E-state index contributed by atoms with van der Waals surface area (Å²) in [6.45, 7) is 4.03. The van der Waals surface area contributed by atoms with Gasteiger partial charge in [-0.3, -0.25) is 0 Å². The molecule has 2 aromatic rings. The predicted octanol–water partition coefficient (Wildman–Crippen LogP) is 3.97. The van der Waals surface area contributed by atoms with E-state index in [0.29, 0.717) is 0 Å². The van der Waals surface area contributed by atoms with Gasteiger partial charge in [0.25, 0.3) is 0 Å². The third-order valence-corrected chi connectivity index (χ3v) is 3.04. The highest BCUT2D eigenvalue weighted by Gasteiger charge is 2.12. The molecule has 0 saturated heterocycles. The summed E-state index contributed by atoms with van der Waals surface area (Å²) in [6, 6.07) is 8.20. The molecule has 1 aromatic carbocycles. The maximum absolute atomic E-state index is 5.30. The first-order chi connectivity index (χ1) is 8.20. The summed E-state index contributed by atoms with van der Waals surface area (Å²) < 4.78 is 5.30. The highest BCUT2D eigenvalue weighted by atomic mass is 79.9. The smallest absolute Gasteiger partial charge is 0.232 e. The number of alkyl halides is 1. The van der Waals surface area contributed by atoms with Gasteiger partial charge in [-0.25, -0.2) is 0 Å². The van der Waals surface area contributed by atoms with Gasteiger partial charge in [0.2, 0.25) is 5.88 Å². The molecule has 1 N–H and O–H groups in total. The van der Waals surface area contributed by atoms with Crippen LogP contribution in [0.15, 0.2) is 28.8 Å². The maximum Gasteiger partial charge on any atom is 0.232 e. The SMILES string of the molecule is Cc1ccc(Nc2onc(C)c2CCBr)cc1. The van der Waals surface area contributed by atoms with Crippen molar-refractivity contribution in [1.82, 2.24) is 5.16 Å². The molecule has 0 unspecified atom stereocenters. The molecule has 1 heterocycles. The number of aryl methyl sites for hydroxylation is 2. The van der Waals surface area contributed by atoms with Crippen molar-refractivity contribution < 1.29 is 4.52 Å². The van der Waals surface area contributed by atoms with Gasteiger partial charge in [-0.15, -0.1) is 0 Å². The second-order valence-electron chi connectivity index (χ2n) is 4.01. The molecule has 17 heavy (non-hydrogen) atoms. The first-order valence-corrected chi connectivity index (χ1v) is 6.67. The minimum atomic E-state index is 0.741. The van der Waals surface area contributed by atoms with Crippen LogP contribution in [0.5, 0.6) is 0 Å². The standard InChI is InChI=1S/C13H15BrN2O/c1-9-3-5-11(6-4-9)15-13-12(7-8-14)10(2)16-17-13/h3-6,15H,7-8H2,1-2H3. The molecule has 1 aromatic heterocycles. The zero-order valence-electron chi connectivity index (χ0n) is 9.96. The Hall–Kier alpha value is -1.29. The normalized spacial score (nSPS) is 10.5. The fourth-order valence-electron chi connectivity index (χ4n) is 1.64. The average molecular weight is 295 g/mol. The number of hydrogen-bond acceptors (Lipinski definition) is 3. The van der Waals surface area contributed by atoms with E-state index in [1.807, 2.05) is 19.1 Å². The number of halogens is 1. The van der Waals surface area contributed by atoms with Crippen molar-refractivity contribution in [3.63, 3.8) is 0 Å². The van der Waals surface area contributed by atoms with E-state index in [0.717, 1.165) is 34.6 Å². The fraction of sp³-hybridized carbons (Fsp3) is 0.308. The van der Waals surface area contributed by atoms with Crippen molar-refractivity contribution in [3.05, 3.63) is 41.1 Å². The Morgan fingerprint density at radius 2 is 1.94 bits per heavy atom. The number of hydrogen-bond donors (Lipinski definition) is 1. The van der Waals surface area contributed by atoms with Gasteiger partial charge >= 0.3 is 0 Å². The van der Waals surface area contributed by atoms with Crippen LogP contribution in [0.2, 0.25) is 0 Å². The number of aromatic nitrogens is 1. The van der Waals surface area contributed by atoms with E-state index in [9.17, 15) is 0 Å². The Kier molecular flexibility index (Phi) is 3.84. The Bertz CT molecular complexity index is 491. The van der Waals surface area contributed by atoms with E-state index in [4.69, 9.17) is 4.52 Å². The Morgan fingerprint density at radius 1 is 1.24 bits per heavy atom. The second-order valence-corrected chi connectivity index (χ2v) is 4.80. The molecule has 0 radical (unpaired) electrons. The molecule has 3 nitrogen and oxygen atoms in total. The van der Waals surface area contributed by atoms with Crippen LogP contribution in [0.25, 0.3) is 0 Å². The fourth-order valence-corrected chi connectivity index (χ4v) is 2.04. The van der Waals surface area contributed by atoms with Crippen LogP contribution in [0.4, 0.5) is 11.6 Å². The molecule has 0 fully saturated rings. The van der Waals surface area contributed by atoms with Crippen LogP contribution in [0.1, 0.15) is 16.8 Å². The number of nitrogens with zero attached hydrogens (tertiary/aromatic N) is 1. The first-order valence-electron chi connectivity index (χ1n) is 5.55. The van der Waals surface area contributed by atoms with Crippen molar-refractivity contribution in [2.45, 2.75) is 20.3 Å². The van der Waals surface area contributed by atoms with E-state index >= 15 is 0 Å². The Balaban J connectivity index is 2.20. The van der Waals surface area contributed by atoms with Crippen LogP contribution in [-0.4, -0.2) is 10.5 Å². The lowest BCUT2D eigenvalue weighted by Gasteiger charge is -2.04. The van der Waals surface area contributed by atoms with Crippen molar-refractivity contribution in [2.75, 3.05) is 10.6 Å². The van der Waals surface area contributed by atoms with Gasteiger partial charge in [0, 0.05) is 16.6 Å². The Labute approximate surface area is 109 Å². The quantitative estimate of drug-likeness (QED) is 0.867. The van der Waals surface area contributed by atoms with Gasteiger partial charge in [-0.05, 0) is 32.4 Å². The lowest BCUT2D eigenvalue weighted by Crippen LogP contribution is -1.95. The summed E-state index contributed by atoms with van der Waals surface area (Å²) in [5, 5.41) is 8.15. The highest BCUT2D eigenvalue weighted by molar-refractivity contribution is 9.09.